The van der Waals surface area contributed by atoms with Gasteiger partial charge in [0.15, 0.2) is 0 Å². The third-order valence-electron chi connectivity index (χ3n) is 7.07. The van der Waals surface area contributed by atoms with Crippen LogP contribution in [-0.4, -0.2) is 33.1 Å². The lowest BCUT2D eigenvalue weighted by atomic mass is 9.92. The molecule has 1 aromatic heterocycles. The lowest BCUT2D eigenvalue weighted by molar-refractivity contribution is -0.141. The molecule has 3 aromatic carbocycles. The molecule has 1 aliphatic rings. The van der Waals surface area contributed by atoms with Gasteiger partial charge < -0.3 is 4.74 Å². The van der Waals surface area contributed by atoms with Gasteiger partial charge in [-0.2, -0.15) is 10.4 Å². The smallest absolute Gasteiger partial charge is 0.271 e. The fraction of sp³-hybridized carbons (Fsp3) is 0.176. The molecule has 1 aliphatic heterocycles. The number of carbonyl (C=O) groups is 2. The minimum Gasteiger partial charge on any atom is -0.494 e. The number of para-hydroxylation sites is 1. The van der Waals surface area contributed by atoms with Gasteiger partial charge in [0.25, 0.3) is 11.8 Å². The quantitative estimate of drug-likeness (QED) is 0.180. The minimum absolute atomic E-state index is 0.0950. The lowest BCUT2D eigenvalue weighted by Crippen LogP contribution is -2.42. The van der Waals surface area contributed by atoms with E-state index < -0.39 is 17.6 Å². The van der Waals surface area contributed by atoms with E-state index in [4.69, 9.17) is 9.84 Å². The predicted octanol–water partition coefficient (Wildman–Crippen LogP) is 6.57. The third-order valence-corrected chi connectivity index (χ3v) is 7.07. The van der Waals surface area contributed by atoms with Gasteiger partial charge in [0.2, 0.25) is 0 Å². The second kappa shape index (κ2) is 12.1. The molecule has 0 atom stereocenters. The average molecular weight is 561 g/mol. The van der Waals surface area contributed by atoms with Gasteiger partial charge in [-0.05, 0) is 85.5 Å². The number of aryl methyl sites for hydroxylation is 1. The fourth-order valence-corrected chi connectivity index (χ4v) is 4.83. The van der Waals surface area contributed by atoms with Crippen molar-refractivity contribution in [2.24, 2.45) is 0 Å². The van der Waals surface area contributed by atoms with E-state index in [0.717, 1.165) is 33.9 Å². The zero-order valence-electron chi connectivity index (χ0n) is 23.6. The number of hydrogen-bond acceptors (Lipinski definition) is 5. The lowest BCUT2D eigenvalue weighted by Gasteiger charge is -2.27. The SMILES string of the molecule is CCCOc1ccc(-c2nn(-c3ccccc3)cc2/C=C2/C(=O)N(Cc3ccc(F)cc3)C(=O)C(C#N)=C2C)c(C)c1. The van der Waals surface area contributed by atoms with Crippen molar-refractivity contribution in [1.82, 2.24) is 14.7 Å². The van der Waals surface area contributed by atoms with Gasteiger partial charge in [0, 0.05) is 22.9 Å². The van der Waals surface area contributed by atoms with Crippen molar-refractivity contribution in [1.29, 1.82) is 5.26 Å². The van der Waals surface area contributed by atoms with Crippen LogP contribution in [0.25, 0.3) is 23.0 Å². The highest BCUT2D eigenvalue weighted by atomic mass is 19.1. The number of aromatic nitrogens is 2. The van der Waals surface area contributed by atoms with Gasteiger partial charge in [-0.15, -0.1) is 0 Å². The van der Waals surface area contributed by atoms with Crippen LogP contribution in [0, 0.1) is 24.1 Å². The Balaban J connectivity index is 1.63. The van der Waals surface area contributed by atoms with E-state index >= 15 is 0 Å². The van der Waals surface area contributed by atoms with Crippen LogP contribution < -0.4 is 4.74 Å². The van der Waals surface area contributed by atoms with Gasteiger partial charge in [0.1, 0.15) is 28.9 Å². The molecule has 0 unspecified atom stereocenters. The molecule has 7 nitrogen and oxygen atoms in total. The molecule has 0 saturated heterocycles. The Labute approximate surface area is 243 Å². The van der Waals surface area contributed by atoms with Crippen LogP contribution in [0.15, 0.2) is 95.7 Å². The first-order valence-electron chi connectivity index (χ1n) is 13.6. The maximum atomic E-state index is 13.8. The maximum absolute atomic E-state index is 13.8. The van der Waals surface area contributed by atoms with Gasteiger partial charge in [-0.1, -0.05) is 37.3 Å². The van der Waals surface area contributed by atoms with E-state index in [-0.39, 0.29) is 17.7 Å². The molecule has 0 fully saturated rings. The third kappa shape index (κ3) is 5.63. The Morgan fingerprint density at radius 2 is 1.74 bits per heavy atom. The summed E-state index contributed by atoms with van der Waals surface area (Å²) in [5, 5.41) is 14.8. The topological polar surface area (TPSA) is 88.2 Å². The summed E-state index contributed by atoms with van der Waals surface area (Å²) in [5.41, 5.74) is 4.84. The van der Waals surface area contributed by atoms with E-state index in [1.54, 1.807) is 17.7 Å². The Morgan fingerprint density at radius 1 is 1.00 bits per heavy atom. The molecular formula is C34H29FN4O3. The summed E-state index contributed by atoms with van der Waals surface area (Å²) in [6.07, 6.45) is 4.40. The maximum Gasteiger partial charge on any atom is 0.271 e. The van der Waals surface area contributed by atoms with Crippen LogP contribution in [0.3, 0.4) is 0 Å². The molecule has 2 heterocycles. The summed E-state index contributed by atoms with van der Waals surface area (Å²) in [7, 11) is 0. The predicted molar refractivity (Wildman–Crippen MR) is 158 cm³/mol. The van der Waals surface area contributed by atoms with Crippen LogP contribution in [0.4, 0.5) is 4.39 Å². The largest absolute Gasteiger partial charge is 0.494 e. The van der Waals surface area contributed by atoms with Crippen molar-refractivity contribution in [3.05, 3.63) is 118 Å². The number of ether oxygens (including phenoxy) is 1. The number of carbonyl (C=O) groups excluding carboxylic acids is 2. The average Bonchev–Trinajstić information content (AvgIpc) is 3.41. The first-order valence-corrected chi connectivity index (χ1v) is 13.6. The Kier molecular flexibility index (Phi) is 8.12. The molecule has 210 valence electrons. The first kappa shape index (κ1) is 28.2. The van der Waals surface area contributed by atoms with Crippen LogP contribution in [0.1, 0.15) is 37.0 Å². The molecule has 0 aliphatic carbocycles. The normalized spacial score (nSPS) is 14.5. The molecule has 0 spiro atoms. The Hall–Kier alpha value is -5.29. The molecule has 0 radical (unpaired) electrons. The van der Waals surface area contributed by atoms with Crippen molar-refractivity contribution in [2.45, 2.75) is 33.7 Å². The van der Waals surface area contributed by atoms with Gasteiger partial charge in [0.05, 0.1) is 18.8 Å². The molecule has 42 heavy (non-hydrogen) atoms. The van der Waals surface area contributed by atoms with E-state index in [2.05, 4.69) is 0 Å². The Morgan fingerprint density at radius 3 is 2.40 bits per heavy atom. The first-order chi connectivity index (χ1) is 20.3. The van der Waals surface area contributed by atoms with Crippen molar-refractivity contribution in [3.63, 3.8) is 0 Å². The summed E-state index contributed by atoms with van der Waals surface area (Å²) in [6.45, 7) is 6.14. The van der Waals surface area contributed by atoms with Crippen molar-refractivity contribution in [3.8, 4) is 28.8 Å². The van der Waals surface area contributed by atoms with Gasteiger partial charge >= 0.3 is 0 Å². The molecule has 0 bridgehead atoms. The van der Waals surface area contributed by atoms with Crippen molar-refractivity contribution in [2.75, 3.05) is 6.61 Å². The van der Waals surface area contributed by atoms with E-state index in [1.165, 1.54) is 24.3 Å². The van der Waals surface area contributed by atoms with Gasteiger partial charge in [-0.3, -0.25) is 14.5 Å². The van der Waals surface area contributed by atoms with Crippen LogP contribution in [0.5, 0.6) is 5.75 Å². The second-order valence-corrected chi connectivity index (χ2v) is 10.0. The fourth-order valence-electron chi connectivity index (χ4n) is 4.83. The molecule has 0 N–H and O–H groups in total. The number of nitrogens with zero attached hydrogens (tertiary/aromatic N) is 4. The molecule has 2 amide bonds. The molecule has 0 saturated carbocycles. The number of nitriles is 1. The van der Waals surface area contributed by atoms with Crippen molar-refractivity contribution >= 4 is 17.9 Å². The number of benzene rings is 3. The van der Waals surface area contributed by atoms with Gasteiger partial charge in [-0.25, -0.2) is 9.07 Å². The zero-order chi connectivity index (χ0) is 29.8. The summed E-state index contributed by atoms with van der Waals surface area (Å²) in [6, 6.07) is 22.9. The van der Waals surface area contributed by atoms with Crippen LogP contribution in [0.2, 0.25) is 0 Å². The number of rotatable bonds is 8. The number of imide groups is 1. The highest BCUT2D eigenvalue weighted by molar-refractivity contribution is 6.19. The summed E-state index contributed by atoms with van der Waals surface area (Å²) < 4.78 is 21.0. The minimum atomic E-state index is -0.680. The van der Waals surface area contributed by atoms with E-state index in [1.807, 2.05) is 74.6 Å². The second-order valence-electron chi connectivity index (χ2n) is 10.0. The van der Waals surface area contributed by atoms with Crippen molar-refractivity contribution < 1.29 is 18.7 Å². The highest BCUT2D eigenvalue weighted by Crippen LogP contribution is 2.34. The summed E-state index contributed by atoms with van der Waals surface area (Å²) in [5.74, 6) is -0.887. The van der Waals surface area contributed by atoms with Crippen LogP contribution >= 0.6 is 0 Å². The monoisotopic (exact) mass is 560 g/mol. The molecular weight excluding hydrogens is 531 g/mol. The molecule has 8 heteroatoms. The number of hydrogen-bond donors (Lipinski definition) is 0. The highest BCUT2D eigenvalue weighted by Gasteiger charge is 2.35. The molecule has 4 aromatic rings. The summed E-state index contributed by atoms with van der Waals surface area (Å²) in [4.78, 5) is 28.0. The summed E-state index contributed by atoms with van der Waals surface area (Å²) >= 11 is 0. The standard InChI is InChI=1S/C34H29FN4O3/c1-4-16-42-28-14-15-29(22(2)17-28)32-25(21-39(37-32)27-8-6-5-7-9-27)18-30-23(3)31(19-36)34(41)38(33(30)40)20-24-10-12-26(35)13-11-24/h5-15,17-18,21H,4,16,20H2,1-3H3/b30-18+. The Bertz CT molecular complexity index is 1760. The molecule has 5 rings (SSSR count). The van der Waals surface area contributed by atoms with E-state index in [9.17, 15) is 19.2 Å². The number of halogens is 1. The van der Waals surface area contributed by atoms with E-state index in [0.29, 0.717) is 29.0 Å². The zero-order valence-corrected chi connectivity index (χ0v) is 23.6. The van der Waals surface area contributed by atoms with Crippen LogP contribution in [-0.2, 0) is 16.1 Å². The number of amides is 2.